The van der Waals surface area contributed by atoms with Crippen LogP contribution in [0.2, 0.25) is 0 Å². The summed E-state index contributed by atoms with van der Waals surface area (Å²) in [5.41, 5.74) is 2.85. The Balaban J connectivity index is 2.02. The first kappa shape index (κ1) is 12.8. The lowest BCUT2D eigenvalue weighted by atomic mass is 9.67. The number of benzene rings is 1. The van der Waals surface area contributed by atoms with Gasteiger partial charge in [-0.05, 0) is 48.1 Å². The average molecular weight is 255 g/mol. The molecule has 0 radical (unpaired) electrons. The van der Waals surface area contributed by atoms with Gasteiger partial charge in [-0.3, -0.25) is 0 Å². The highest BCUT2D eigenvalue weighted by Crippen LogP contribution is 2.45. The van der Waals surface area contributed by atoms with Crippen molar-refractivity contribution in [3.8, 4) is 0 Å². The Labute approximate surface area is 116 Å². The summed E-state index contributed by atoms with van der Waals surface area (Å²) in [6.07, 6.45) is 6.41. The van der Waals surface area contributed by atoms with Crippen LogP contribution in [0, 0.1) is 17.8 Å². The van der Waals surface area contributed by atoms with E-state index in [0.717, 1.165) is 23.7 Å². The van der Waals surface area contributed by atoms with E-state index in [-0.39, 0.29) is 0 Å². The van der Waals surface area contributed by atoms with Gasteiger partial charge in [-0.2, -0.15) is 0 Å². The molecule has 1 fully saturated rings. The largest absolute Gasteiger partial charge is 0.361 e. The quantitative estimate of drug-likeness (QED) is 0.745. The molecule has 1 aromatic carbocycles. The van der Waals surface area contributed by atoms with E-state index in [2.05, 4.69) is 56.2 Å². The van der Waals surface area contributed by atoms with Crippen LogP contribution < -0.4 is 0 Å². The minimum absolute atomic E-state index is 0.736. The summed E-state index contributed by atoms with van der Waals surface area (Å²) < 4.78 is 0. The van der Waals surface area contributed by atoms with Crippen LogP contribution >= 0.6 is 0 Å². The molecule has 0 aliphatic heterocycles. The first-order valence-corrected chi connectivity index (χ1v) is 7.73. The maximum Gasteiger partial charge on any atom is 0.0456 e. The highest BCUT2D eigenvalue weighted by molar-refractivity contribution is 5.83. The smallest absolute Gasteiger partial charge is 0.0456 e. The van der Waals surface area contributed by atoms with Gasteiger partial charge in [0.25, 0.3) is 0 Å². The summed E-state index contributed by atoms with van der Waals surface area (Å²) >= 11 is 0. The van der Waals surface area contributed by atoms with Gasteiger partial charge < -0.3 is 4.98 Å². The molecule has 1 aromatic heterocycles. The maximum absolute atomic E-state index is 3.46. The summed E-state index contributed by atoms with van der Waals surface area (Å²) in [6.45, 7) is 7.20. The van der Waals surface area contributed by atoms with Gasteiger partial charge in [0.2, 0.25) is 0 Å². The lowest BCUT2D eigenvalue weighted by molar-refractivity contribution is 0.198. The molecule has 3 atom stereocenters. The van der Waals surface area contributed by atoms with Crippen LogP contribution in [0.15, 0.2) is 30.5 Å². The Bertz CT molecular complexity index is 552. The fraction of sp³-hybridized carbons (Fsp3) is 0.556. The first-order chi connectivity index (χ1) is 9.16. The first-order valence-electron chi connectivity index (χ1n) is 7.73. The maximum atomic E-state index is 3.46. The van der Waals surface area contributed by atoms with Crippen LogP contribution in [-0.2, 0) is 0 Å². The van der Waals surface area contributed by atoms with Crippen molar-refractivity contribution in [2.45, 2.75) is 46.0 Å². The van der Waals surface area contributed by atoms with Crippen molar-refractivity contribution in [1.82, 2.24) is 4.98 Å². The van der Waals surface area contributed by atoms with E-state index in [1.807, 2.05) is 0 Å². The van der Waals surface area contributed by atoms with Gasteiger partial charge >= 0.3 is 0 Å². The number of aromatic amines is 1. The van der Waals surface area contributed by atoms with Crippen molar-refractivity contribution in [1.29, 1.82) is 0 Å². The molecule has 1 heteroatoms. The van der Waals surface area contributed by atoms with Crippen LogP contribution in [0.25, 0.3) is 10.9 Å². The number of para-hydroxylation sites is 1. The van der Waals surface area contributed by atoms with E-state index in [9.17, 15) is 0 Å². The number of aromatic nitrogens is 1. The molecule has 1 aliphatic rings. The average Bonchev–Trinajstić information content (AvgIpc) is 2.82. The number of rotatable bonds is 2. The van der Waals surface area contributed by atoms with Crippen molar-refractivity contribution in [3.63, 3.8) is 0 Å². The second-order valence-electron chi connectivity index (χ2n) is 6.72. The molecule has 1 N–H and O–H groups in total. The molecular weight excluding hydrogens is 230 g/mol. The fourth-order valence-corrected chi connectivity index (χ4v) is 3.96. The zero-order valence-electron chi connectivity index (χ0n) is 12.3. The molecule has 3 unspecified atom stereocenters. The van der Waals surface area contributed by atoms with Gasteiger partial charge in [0.15, 0.2) is 0 Å². The number of hydrogen-bond donors (Lipinski definition) is 1. The van der Waals surface area contributed by atoms with E-state index in [4.69, 9.17) is 0 Å². The lowest BCUT2D eigenvalue weighted by Crippen LogP contribution is -2.25. The van der Waals surface area contributed by atoms with Crippen molar-refractivity contribution >= 4 is 10.9 Å². The molecule has 19 heavy (non-hydrogen) atoms. The molecule has 1 nitrogen and oxygen atoms in total. The van der Waals surface area contributed by atoms with Crippen LogP contribution in [-0.4, -0.2) is 4.98 Å². The summed E-state index contributed by atoms with van der Waals surface area (Å²) in [5, 5.41) is 1.44. The minimum atomic E-state index is 0.736. The number of hydrogen-bond acceptors (Lipinski definition) is 0. The van der Waals surface area contributed by atoms with Gasteiger partial charge in [0, 0.05) is 17.1 Å². The molecule has 0 saturated heterocycles. The molecule has 1 saturated carbocycles. The molecule has 0 bridgehead atoms. The molecular formula is C18H25N. The van der Waals surface area contributed by atoms with Gasteiger partial charge in [0.1, 0.15) is 0 Å². The third-order valence-electron chi connectivity index (χ3n) is 5.04. The third-order valence-corrected chi connectivity index (χ3v) is 5.04. The normalized spacial score (nSPS) is 28.1. The number of nitrogens with one attached hydrogen (secondary N) is 1. The molecule has 3 rings (SSSR count). The molecule has 102 valence electrons. The standard InChI is InChI=1S/C18H25N/c1-12(2)14-9-8-13(3)10-16(14)17-11-19-18-7-5-4-6-15(17)18/h4-7,11-14,16,19H,8-10H2,1-3H3. The Hall–Kier alpha value is -1.24. The Kier molecular flexibility index (Phi) is 3.38. The summed E-state index contributed by atoms with van der Waals surface area (Å²) in [5.74, 6) is 3.23. The van der Waals surface area contributed by atoms with E-state index in [1.54, 1.807) is 5.56 Å². The van der Waals surface area contributed by atoms with Crippen LogP contribution in [0.3, 0.4) is 0 Å². The lowest BCUT2D eigenvalue weighted by Gasteiger charge is -2.37. The highest BCUT2D eigenvalue weighted by atomic mass is 14.7. The van der Waals surface area contributed by atoms with Crippen molar-refractivity contribution < 1.29 is 0 Å². The van der Waals surface area contributed by atoms with Gasteiger partial charge in [-0.1, -0.05) is 45.4 Å². The predicted molar refractivity (Wildman–Crippen MR) is 82.4 cm³/mol. The van der Waals surface area contributed by atoms with Crippen molar-refractivity contribution in [2.75, 3.05) is 0 Å². The highest BCUT2D eigenvalue weighted by Gasteiger charge is 2.32. The SMILES string of the molecule is CC1CCC(C(C)C)C(c2c[nH]c3ccccc23)C1. The zero-order chi connectivity index (χ0) is 13.4. The molecule has 1 aliphatic carbocycles. The second-order valence-corrected chi connectivity index (χ2v) is 6.72. The summed E-state index contributed by atoms with van der Waals surface area (Å²) in [7, 11) is 0. The molecule has 2 aromatic rings. The van der Waals surface area contributed by atoms with Gasteiger partial charge in [-0.15, -0.1) is 0 Å². The van der Waals surface area contributed by atoms with Crippen LogP contribution in [0.4, 0.5) is 0 Å². The topological polar surface area (TPSA) is 15.8 Å². The number of H-pyrrole nitrogens is 1. The van der Waals surface area contributed by atoms with Crippen LogP contribution in [0.5, 0.6) is 0 Å². The van der Waals surface area contributed by atoms with Crippen molar-refractivity contribution in [2.24, 2.45) is 17.8 Å². The van der Waals surface area contributed by atoms with Gasteiger partial charge in [0.05, 0.1) is 0 Å². The van der Waals surface area contributed by atoms with E-state index < -0.39 is 0 Å². The van der Waals surface area contributed by atoms with Crippen molar-refractivity contribution in [3.05, 3.63) is 36.0 Å². The molecule has 0 spiro atoms. The monoisotopic (exact) mass is 255 g/mol. The Morgan fingerprint density at radius 1 is 1.16 bits per heavy atom. The number of fused-ring (bicyclic) bond motifs is 1. The third kappa shape index (κ3) is 2.31. The minimum Gasteiger partial charge on any atom is -0.361 e. The summed E-state index contributed by atoms with van der Waals surface area (Å²) in [6, 6.07) is 8.75. The van der Waals surface area contributed by atoms with Gasteiger partial charge in [-0.25, -0.2) is 0 Å². The van der Waals surface area contributed by atoms with E-state index in [1.165, 1.54) is 30.2 Å². The Morgan fingerprint density at radius 3 is 2.74 bits per heavy atom. The second kappa shape index (κ2) is 5.03. The Morgan fingerprint density at radius 2 is 1.95 bits per heavy atom. The van der Waals surface area contributed by atoms with E-state index >= 15 is 0 Å². The summed E-state index contributed by atoms with van der Waals surface area (Å²) in [4.78, 5) is 3.46. The molecule has 0 amide bonds. The van der Waals surface area contributed by atoms with E-state index in [0.29, 0.717) is 0 Å². The predicted octanol–water partition coefficient (Wildman–Crippen LogP) is 5.34. The fourth-order valence-electron chi connectivity index (χ4n) is 3.96. The zero-order valence-corrected chi connectivity index (χ0v) is 12.3. The van der Waals surface area contributed by atoms with Crippen LogP contribution in [0.1, 0.15) is 51.5 Å². The molecule has 1 heterocycles.